The third-order valence-electron chi connectivity index (χ3n) is 5.28. The Morgan fingerprint density at radius 1 is 1.04 bits per heavy atom. The molecule has 1 aliphatic heterocycles. The first-order chi connectivity index (χ1) is 12.8. The highest BCUT2D eigenvalue weighted by Crippen LogP contribution is 2.35. The third-order valence-corrected chi connectivity index (χ3v) is 5.28. The lowest BCUT2D eigenvalue weighted by molar-refractivity contribution is 0.194. The van der Waals surface area contributed by atoms with Crippen LogP contribution in [0.25, 0.3) is 0 Å². The molecule has 1 N–H and O–H groups in total. The maximum atomic E-state index is 12.4. The number of benzene rings is 1. The molecule has 1 aromatic carbocycles. The molecule has 1 heterocycles. The smallest absolute Gasteiger partial charge is 0.317 e. The second kappa shape index (κ2) is 9.98. The first kappa shape index (κ1) is 21.5. The fourth-order valence-electron chi connectivity index (χ4n) is 3.71. The monoisotopic (exact) mass is 374 g/mol. The molecule has 1 saturated heterocycles. The van der Waals surface area contributed by atoms with Crippen molar-refractivity contribution < 1.29 is 4.79 Å². The number of hydrogen-bond donors (Lipinski definition) is 1. The van der Waals surface area contributed by atoms with Gasteiger partial charge in [0.2, 0.25) is 0 Å². The number of nitrogens with zero attached hydrogens (tertiary/aromatic N) is 3. The summed E-state index contributed by atoms with van der Waals surface area (Å²) in [5.41, 5.74) is 4.24. The van der Waals surface area contributed by atoms with Crippen LogP contribution in [0.1, 0.15) is 57.1 Å². The molecule has 0 atom stereocenters. The van der Waals surface area contributed by atoms with Crippen LogP contribution in [-0.4, -0.2) is 69.2 Å². The second-order valence-electron chi connectivity index (χ2n) is 8.46. The van der Waals surface area contributed by atoms with E-state index in [1.807, 2.05) is 4.90 Å². The number of piperazine rings is 1. The molecule has 0 aromatic heterocycles. The van der Waals surface area contributed by atoms with Gasteiger partial charge in [0.15, 0.2) is 0 Å². The molecule has 0 saturated carbocycles. The van der Waals surface area contributed by atoms with E-state index in [1.165, 1.54) is 16.8 Å². The summed E-state index contributed by atoms with van der Waals surface area (Å²) in [6.45, 7) is 14.2. The van der Waals surface area contributed by atoms with Crippen molar-refractivity contribution in [2.24, 2.45) is 0 Å². The van der Waals surface area contributed by atoms with Gasteiger partial charge in [-0.05, 0) is 50.0 Å². The molecular weight excluding hydrogens is 336 g/mol. The lowest BCUT2D eigenvalue weighted by atomic mass is 9.91. The van der Waals surface area contributed by atoms with Gasteiger partial charge in [0.1, 0.15) is 0 Å². The van der Waals surface area contributed by atoms with Gasteiger partial charge in [-0.2, -0.15) is 0 Å². The highest BCUT2D eigenvalue weighted by atomic mass is 16.2. The Balaban J connectivity index is 1.98. The van der Waals surface area contributed by atoms with Crippen LogP contribution in [0.3, 0.4) is 0 Å². The normalized spacial score (nSPS) is 15.1. The molecule has 0 spiro atoms. The van der Waals surface area contributed by atoms with Gasteiger partial charge < -0.3 is 20.0 Å². The van der Waals surface area contributed by atoms with Crippen molar-refractivity contribution in [2.75, 3.05) is 58.3 Å². The van der Waals surface area contributed by atoms with Gasteiger partial charge >= 0.3 is 6.03 Å². The quantitative estimate of drug-likeness (QED) is 0.740. The molecule has 1 aliphatic rings. The summed E-state index contributed by atoms with van der Waals surface area (Å²) < 4.78 is 0. The summed E-state index contributed by atoms with van der Waals surface area (Å²) in [5.74, 6) is 0.994. The number of hydrogen-bond acceptors (Lipinski definition) is 3. The van der Waals surface area contributed by atoms with Crippen LogP contribution in [0.5, 0.6) is 0 Å². The number of anilines is 1. The van der Waals surface area contributed by atoms with E-state index in [4.69, 9.17) is 0 Å². The standard InChI is InChI=1S/C22H38N4O/c1-17(2)19-9-7-10-20(18(3)4)21(19)25-13-15-26(16-14-25)22(27)23-11-8-12-24(5)6/h7,9-10,17-18H,8,11-16H2,1-6H3,(H,23,27). The highest BCUT2D eigenvalue weighted by molar-refractivity contribution is 5.74. The Morgan fingerprint density at radius 3 is 2.07 bits per heavy atom. The van der Waals surface area contributed by atoms with Crippen molar-refractivity contribution in [3.05, 3.63) is 29.3 Å². The van der Waals surface area contributed by atoms with Crippen LogP contribution in [0, 0.1) is 0 Å². The Morgan fingerprint density at radius 2 is 1.59 bits per heavy atom. The minimum atomic E-state index is 0.0784. The molecule has 2 amide bonds. The summed E-state index contributed by atoms with van der Waals surface area (Å²) in [7, 11) is 4.11. The fourth-order valence-corrected chi connectivity index (χ4v) is 3.71. The lowest BCUT2D eigenvalue weighted by Gasteiger charge is -2.39. The predicted octanol–water partition coefficient (Wildman–Crippen LogP) is 3.72. The number of rotatable bonds is 7. The van der Waals surface area contributed by atoms with Crippen LogP contribution >= 0.6 is 0 Å². The van der Waals surface area contributed by atoms with E-state index in [1.54, 1.807) is 0 Å². The zero-order chi connectivity index (χ0) is 20.0. The Labute approximate surface area is 165 Å². The van der Waals surface area contributed by atoms with Gasteiger partial charge in [-0.25, -0.2) is 4.79 Å². The molecule has 0 unspecified atom stereocenters. The number of urea groups is 1. The van der Waals surface area contributed by atoms with E-state index in [-0.39, 0.29) is 6.03 Å². The van der Waals surface area contributed by atoms with Crippen molar-refractivity contribution in [1.29, 1.82) is 0 Å². The SMILES string of the molecule is CC(C)c1cccc(C(C)C)c1N1CCN(C(=O)NCCCN(C)C)CC1. The third kappa shape index (κ3) is 5.86. The number of para-hydroxylation sites is 1. The molecule has 2 rings (SSSR count). The summed E-state index contributed by atoms with van der Waals surface area (Å²) in [6.07, 6.45) is 0.984. The molecule has 0 aliphatic carbocycles. The summed E-state index contributed by atoms with van der Waals surface area (Å²) in [6, 6.07) is 6.78. The first-order valence-corrected chi connectivity index (χ1v) is 10.4. The van der Waals surface area contributed by atoms with Crippen molar-refractivity contribution in [3.8, 4) is 0 Å². The maximum Gasteiger partial charge on any atom is 0.317 e. The van der Waals surface area contributed by atoms with Crippen LogP contribution in [0.15, 0.2) is 18.2 Å². The van der Waals surface area contributed by atoms with E-state index in [9.17, 15) is 4.79 Å². The number of nitrogens with one attached hydrogen (secondary N) is 1. The fraction of sp³-hybridized carbons (Fsp3) is 0.682. The van der Waals surface area contributed by atoms with Gasteiger partial charge in [-0.3, -0.25) is 0 Å². The highest BCUT2D eigenvalue weighted by Gasteiger charge is 2.25. The van der Waals surface area contributed by atoms with Crippen molar-refractivity contribution in [2.45, 2.75) is 46.0 Å². The average Bonchev–Trinajstić information content (AvgIpc) is 2.64. The Bertz CT molecular complexity index is 578. The van der Waals surface area contributed by atoms with Gasteiger partial charge in [0, 0.05) is 38.4 Å². The second-order valence-corrected chi connectivity index (χ2v) is 8.46. The van der Waals surface area contributed by atoms with Gasteiger partial charge in [0.25, 0.3) is 0 Å². The average molecular weight is 375 g/mol. The molecule has 5 heteroatoms. The van der Waals surface area contributed by atoms with E-state index in [0.29, 0.717) is 11.8 Å². The van der Waals surface area contributed by atoms with E-state index < -0.39 is 0 Å². The van der Waals surface area contributed by atoms with Crippen molar-refractivity contribution in [1.82, 2.24) is 15.1 Å². The van der Waals surface area contributed by atoms with Gasteiger partial charge in [-0.1, -0.05) is 45.9 Å². The van der Waals surface area contributed by atoms with E-state index in [0.717, 1.165) is 45.7 Å². The predicted molar refractivity (Wildman–Crippen MR) is 115 cm³/mol. The van der Waals surface area contributed by atoms with Crippen LogP contribution in [0.2, 0.25) is 0 Å². The van der Waals surface area contributed by atoms with Gasteiger partial charge in [-0.15, -0.1) is 0 Å². The first-order valence-electron chi connectivity index (χ1n) is 10.4. The van der Waals surface area contributed by atoms with E-state index in [2.05, 4.69) is 75.1 Å². The van der Waals surface area contributed by atoms with Crippen molar-refractivity contribution >= 4 is 11.7 Å². The number of amides is 2. The summed E-state index contributed by atoms with van der Waals surface area (Å²) in [5, 5.41) is 3.06. The molecule has 5 nitrogen and oxygen atoms in total. The largest absolute Gasteiger partial charge is 0.368 e. The Hall–Kier alpha value is -1.75. The minimum absolute atomic E-state index is 0.0784. The lowest BCUT2D eigenvalue weighted by Crippen LogP contribution is -2.52. The summed E-state index contributed by atoms with van der Waals surface area (Å²) in [4.78, 5) is 19.0. The number of carbonyl (C=O) groups excluding carboxylic acids is 1. The zero-order valence-electron chi connectivity index (χ0n) is 18.1. The molecule has 1 fully saturated rings. The van der Waals surface area contributed by atoms with E-state index >= 15 is 0 Å². The number of carbonyl (C=O) groups is 1. The van der Waals surface area contributed by atoms with Gasteiger partial charge in [0.05, 0.1) is 0 Å². The molecule has 27 heavy (non-hydrogen) atoms. The van der Waals surface area contributed by atoms with Crippen LogP contribution in [0.4, 0.5) is 10.5 Å². The topological polar surface area (TPSA) is 38.8 Å². The Kier molecular flexibility index (Phi) is 7.96. The minimum Gasteiger partial charge on any atom is -0.368 e. The molecular formula is C22H38N4O. The summed E-state index contributed by atoms with van der Waals surface area (Å²) >= 11 is 0. The molecule has 0 bridgehead atoms. The van der Waals surface area contributed by atoms with Crippen molar-refractivity contribution in [3.63, 3.8) is 0 Å². The molecule has 0 radical (unpaired) electrons. The zero-order valence-corrected chi connectivity index (χ0v) is 18.1. The van der Waals surface area contributed by atoms with Crippen LogP contribution < -0.4 is 10.2 Å². The molecule has 1 aromatic rings. The maximum absolute atomic E-state index is 12.4. The van der Waals surface area contributed by atoms with Crippen LogP contribution in [-0.2, 0) is 0 Å². The molecule has 152 valence electrons.